The number of unbranched alkanes of at least 4 members (excludes halogenated alkanes) is 1. The average Bonchev–Trinajstić information content (AvgIpc) is 3.23. The fraction of sp³-hybridized carbons (Fsp3) is 0.412. The van der Waals surface area contributed by atoms with Gasteiger partial charge in [0.2, 0.25) is 0 Å². The lowest BCUT2D eigenvalue weighted by atomic mass is 10.1. The Morgan fingerprint density at radius 1 is 0.884 bits per heavy atom. The molecule has 0 radical (unpaired) electrons. The molecule has 8 nitrogen and oxygen atoms in total. The Bertz CT molecular complexity index is 1420. The van der Waals surface area contributed by atoms with Crippen molar-refractivity contribution in [2.45, 2.75) is 32.1 Å². The second-order valence-electron chi connectivity index (χ2n) is 11.3. The minimum atomic E-state index is -0.285. The number of nitrogens with zero attached hydrogens (tertiary/aromatic N) is 3. The number of carbonyl (C=O) groups is 2. The number of hydrogen-bond acceptors (Lipinski definition) is 6. The molecule has 2 aliphatic heterocycles. The molecular weight excluding hydrogens is 564 g/mol. The minimum Gasteiger partial charge on any atom is -0.496 e. The van der Waals surface area contributed by atoms with E-state index in [0.717, 1.165) is 76.1 Å². The monoisotopic (exact) mass is 604 g/mol. The molecule has 3 aromatic rings. The van der Waals surface area contributed by atoms with Crippen LogP contribution in [0.2, 0.25) is 5.02 Å². The number of methoxy groups -OCH3 is 1. The van der Waals surface area contributed by atoms with E-state index < -0.39 is 0 Å². The van der Waals surface area contributed by atoms with Crippen molar-refractivity contribution >= 4 is 34.8 Å². The summed E-state index contributed by atoms with van der Waals surface area (Å²) in [6.45, 7) is 6.69. The lowest BCUT2D eigenvalue weighted by Crippen LogP contribution is -2.44. The van der Waals surface area contributed by atoms with Crippen LogP contribution in [0.4, 0.5) is 11.4 Å². The molecule has 0 atom stereocenters. The van der Waals surface area contributed by atoms with Crippen molar-refractivity contribution in [2.75, 3.05) is 70.2 Å². The van der Waals surface area contributed by atoms with Gasteiger partial charge in [-0.05, 0) is 93.7 Å². The summed E-state index contributed by atoms with van der Waals surface area (Å²) in [7, 11) is 3.69. The largest absolute Gasteiger partial charge is 0.496 e. The highest BCUT2D eigenvalue weighted by Crippen LogP contribution is 2.33. The number of hydrogen-bond donors (Lipinski definition) is 1. The Balaban J connectivity index is 1.21. The highest BCUT2D eigenvalue weighted by molar-refractivity contribution is 6.30. The van der Waals surface area contributed by atoms with Crippen molar-refractivity contribution in [3.8, 4) is 11.5 Å². The number of benzene rings is 3. The first-order valence-corrected chi connectivity index (χ1v) is 15.5. The summed E-state index contributed by atoms with van der Waals surface area (Å²) in [5.41, 5.74) is 3.37. The van der Waals surface area contributed by atoms with Gasteiger partial charge >= 0.3 is 0 Å². The predicted octanol–water partition coefficient (Wildman–Crippen LogP) is 5.99. The van der Waals surface area contributed by atoms with Crippen LogP contribution in [0.15, 0.2) is 60.7 Å². The van der Waals surface area contributed by atoms with Crippen molar-refractivity contribution in [1.29, 1.82) is 0 Å². The quantitative estimate of drug-likeness (QED) is 0.287. The van der Waals surface area contributed by atoms with Gasteiger partial charge in [0.05, 0.1) is 24.8 Å². The van der Waals surface area contributed by atoms with E-state index in [1.807, 2.05) is 36.4 Å². The van der Waals surface area contributed by atoms with E-state index in [-0.39, 0.29) is 11.8 Å². The SMILES string of the molecule is COc1cc(NC(=O)c2ccccc2OCCCCN2CCN(C)CC2)ccc1C(=O)N1CCCCc2cc(Cl)ccc21. The van der Waals surface area contributed by atoms with E-state index in [9.17, 15) is 9.59 Å². The number of halogens is 1. The molecule has 228 valence electrons. The summed E-state index contributed by atoms with van der Waals surface area (Å²) in [4.78, 5) is 33.7. The fourth-order valence-electron chi connectivity index (χ4n) is 5.70. The van der Waals surface area contributed by atoms with Crippen molar-refractivity contribution in [3.05, 3.63) is 82.4 Å². The number of fused-ring (bicyclic) bond motifs is 1. The number of piperazine rings is 1. The number of rotatable bonds is 10. The maximum atomic E-state index is 13.7. The van der Waals surface area contributed by atoms with Crippen molar-refractivity contribution in [3.63, 3.8) is 0 Å². The van der Waals surface area contributed by atoms with E-state index >= 15 is 0 Å². The van der Waals surface area contributed by atoms with Crippen LogP contribution in [0, 0.1) is 0 Å². The summed E-state index contributed by atoms with van der Waals surface area (Å²) in [6, 6.07) is 18.1. The third-order valence-electron chi connectivity index (χ3n) is 8.20. The zero-order chi connectivity index (χ0) is 30.2. The Morgan fingerprint density at radius 2 is 1.70 bits per heavy atom. The number of anilines is 2. The molecule has 0 bridgehead atoms. The van der Waals surface area contributed by atoms with E-state index in [0.29, 0.717) is 46.5 Å². The van der Waals surface area contributed by atoms with Crippen LogP contribution in [0.1, 0.15) is 52.0 Å². The maximum absolute atomic E-state index is 13.7. The first-order chi connectivity index (χ1) is 20.9. The molecule has 0 aliphatic carbocycles. The van der Waals surface area contributed by atoms with Gasteiger partial charge in [0, 0.05) is 55.2 Å². The first-order valence-electron chi connectivity index (χ1n) is 15.2. The molecule has 2 amide bonds. The Labute approximate surface area is 259 Å². The second kappa shape index (κ2) is 14.7. The molecule has 2 heterocycles. The number of amides is 2. The molecule has 2 aliphatic rings. The van der Waals surface area contributed by atoms with Crippen LogP contribution in [-0.4, -0.2) is 81.6 Å². The van der Waals surface area contributed by atoms with Gasteiger partial charge in [0.15, 0.2) is 0 Å². The molecule has 43 heavy (non-hydrogen) atoms. The molecule has 3 aromatic carbocycles. The maximum Gasteiger partial charge on any atom is 0.262 e. The molecule has 5 rings (SSSR count). The van der Waals surface area contributed by atoms with Gasteiger partial charge in [0.1, 0.15) is 11.5 Å². The summed E-state index contributed by atoms with van der Waals surface area (Å²) in [5, 5.41) is 3.62. The molecule has 0 saturated carbocycles. The zero-order valence-electron chi connectivity index (χ0n) is 25.1. The van der Waals surface area contributed by atoms with Crippen molar-refractivity contribution < 1.29 is 19.1 Å². The topological polar surface area (TPSA) is 74.4 Å². The number of carbonyl (C=O) groups excluding carboxylic acids is 2. The Morgan fingerprint density at radius 3 is 2.51 bits per heavy atom. The van der Waals surface area contributed by atoms with Gasteiger partial charge in [-0.15, -0.1) is 0 Å². The molecule has 1 saturated heterocycles. The summed E-state index contributed by atoms with van der Waals surface area (Å²) in [6.07, 6.45) is 4.74. The Kier molecular flexibility index (Phi) is 10.6. The first kappa shape index (κ1) is 30.9. The molecular formula is C34H41ClN4O4. The third-order valence-corrected chi connectivity index (χ3v) is 8.43. The lowest BCUT2D eigenvalue weighted by Gasteiger charge is -2.32. The smallest absolute Gasteiger partial charge is 0.262 e. The van der Waals surface area contributed by atoms with Crippen molar-refractivity contribution in [1.82, 2.24) is 9.80 Å². The van der Waals surface area contributed by atoms with E-state index in [4.69, 9.17) is 21.1 Å². The molecule has 9 heteroatoms. The third kappa shape index (κ3) is 7.88. The van der Waals surface area contributed by atoms with Crippen molar-refractivity contribution in [2.24, 2.45) is 0 Å². The van der Waals surface area contributed by atoms with Gasteiger partial charge in [-0.25, -0.2) is 0 Å². The molecule has 1 fully saturated rings. The number of para-hydroxylation sites is 1. The minimum absolute atomic E-state index is 0.147. The molecule has 0 aromatic heterocycles. The highest BCUT2D eigenvalue weighted by atomic mass is 35.5. The normalized spacial score (nSPS) is 15.8. The molecule has 0 spiro atoms. The van der Waals surface area contributed by atoms with Gasteiger partial charge in [-0.1, -0.05) is 23.7 Å². The lowest BCUT2D eigenvalue weighted by molar-refractivity contribution is 0.0982. The highest BCUT2D eigenvalue weighted by Gasteiger charge is 2.25. The van der Waals surface area contributed by atoms with Gasteiger partial charge < -0.3 is 29.5 Å². The molecule has 0 unspecified atom stereocenters. The number of nitrogens with one attached hydrogen (secondary N) is 1. The van der Waals surface area contributed by atoms with E-state index in [2.05, 4.69) is 22.2 Å². The number of likely N-dealkylation sites (N-methyl/N-ethyl adjacent to an activating group) is 1. The van der Waals surface area contributed by atoms with Gasteiger partial charge in [-0.3, -0.25) is 9.59 Å². The van der Waals surface area contributed by atoms with E-state index in [1.165, 1.54) is 7.11 Å². The summed E-state index contributed by atoms with van der Waals surface area (Å²) in [5.74, 6) is 0.518. The number of aryl methyl sites for hydroxylation is 1. The molecule has 1 N–H and O–H groups in total. The van der Waals surface area contributed by atoms with Crippen LogP contribution < -0.4 is 19.7 Å². The van der Waals surface area contributed by atoms with Crippen LogP contribution in [0.5, 0.6) is 11.5 Å². The van der Waals surface area contributed by atoms with Gasteiger partial charge in [0.25, 0.3) is 11.8 Å². The summed E-state index contributed by atoms with van der Waals surface area (Å²) < 4.78 is 11.7. The zero-order valence-corrected chi connectivity index (χ0v) is 25.9. The van der Waals surface area contributed by atoms with E-state index in [1.54, 1.807) is 29.2 Å². The Hall–Kier alpha value is -3.59. The van der Waals surface area contributed by atoms with Crippen LogP contribution in [-0.2, 0) is 6.42 Å². The predicted molar refractivity (Wildman–Crippen MR) is 172 cm³/mol. The van der Waals surface area contributed by atoms with Crippen LogP contribution in [0.3, 0.4) is 0 Å². The fourth-order valence-corrected chi connectivity index (χ4v) is 5.89. The summed E-state index contributed by atoms with van der Waals surface area (Å²) >= 11 is 6.23. The standard InChI is InChI=1S/C34H41ClN4O4/c1-37-18-20-38(21-19-37)16-7-8-22-43-31-11-4-3-10-28(31)33(40)36-27-13-14-29(32(24-27)42-2)34(41)39-17-6-5-9-25-23-26(35)12-15-30(25)39/h3-4,10-15,23-24H,5-9,16-22H2,1-2H3,(H,36,40). The van der Waals surface area contributed by atoms with Crippen LogP contribution in [0.25, 0.3) is 0 Å². The number of ether oxygens (including phenoxy) is 2. The average molecular weight is 605 g/mol. The van der Waals surface area contributed by atoms with Gasteiger partial charge in [-0.2, -0.15) is 0 Å². The second-order valence-corrected chi connectivity index (χ2v) is 11.7. The van der Waals surface area contributed by atoms with Crippen LogP contribution >= 0.6 is 11.6 Å².